The number of aliphatic hydroxyl groups is 1. The number of benzene rings is 2. The third kappa shape index (κ3) is 2.57. The van der Waals surface area contributed by atoms with Crippen molar-refractivity contribution in [3.63, 3.8) is 0 Å². The van der Waals surface area contributed by atoms with E-state index in [2.05, 4.69) is 24.3 Å². The molecule has 24 heavy (non-hydrogen) atoms. The molecule has 1 saturated heterocycles. The van der Waals surface area contributed by atoms with Crippen LogP contribution in [0, 0.1) is 5.92 Å². The van der Waals surface area contributed by atoms with E-state index in [4.69, 9.17) is 4.74 Å². The Morgan fingerprint density at radius 2 is 1.71 bits per heavy atom. The van der Waals surface area contributed by atoms with Crippen molar-refractivity contribution in [2.45, 2.75) is 12.3 Å². The molecule has 4 nitrogen and oxygen atoms in total. The number of hydrogen-bond donors (Lipinski definition) is 1. The Labute approximate surface area is 141 Å². The Morgan fingerprint density at radius 3 is 2.29 bits per heavy atom. The van der Waals surface area contributed by atoms with Gasteiger partial charge in [0, 0.05) is 31.5 Å². The van der Waals surface area contributed by atoms with Gasteiger partial charge >= 0.3 is 6.09 Å². The van der Waals surface area contributed by atoms with Crippen LogP contribution in [0.4, 0.5) is 4.79 Å². The zero-order valence-electron chi connectivity index (χ0n) is 13.5. The highest BCUT2D eigenvalue weighted by atomic mass is 16.6. The first-order valence-corrected chi connectivity index (χ1v) is 8.48. The smallest absolute Gasteiger partial charge is 0.409 e. The van der Waals surface area contributed by atoms with Crippen molar-refractivity contribution >= 4 is 6.09 Å². The number of rotatable bonds is 3. The number of hydrogen-bond acceptors (Lipinski definition) is 3. The SMILES string of the molecule is O=C(OCC1c2ccccc2-c2ccccc21)N1CC[C@@H](CO)C1. The van der Waals surface area contributed by atoms with E-state index in [0.717, 1.165) is 6.42 Å². The van der Waals surface area contributed by atoms with E-state index in [-0.39, 0.29) is 24.5 Å². The van der Waals surface area contributed by atoms with E-state index in [1.807, 2.05) is 24.3 Å². The van der Waals surface area contributed by atoms with Crippen molar-refractivity contribution < 1.29 is 14.6 Å². The fourth-order valence-corrected chi connectivity index (χ4v) is 3.83. The Bertz CT molecular complexity index is 713. The zero-order valence-corrected chi connectivity index (χ0v) is 13.5. The summed E-state index contributed by atoms with van der Waals surface area (Å²) in [6.07, 6.45) is 0.577. The molecule has 1 amide bonds. The summed E-state index contributed by atoms with van der Waals surface area (Å²) in [6.45, 7) is 1.75. The van der Waals surface area contributed by atoms with Crippen LogP contribution in [0.3, 0.4) is 0 Å². The van der Waals surface area contributed by atoms with Crippen molar-refractivity contribution in [1.82, 2.24) is 4.90 Å². The van der Waals surface area contributed by atoms with Crippen molar-refractivity contribution in [1.29, 1.82) is 0 Å². The highest BCUT2D eigenvalue weighted by Gasteiger charge is 2.31. The van der Waals surface area contributed by atoms with Gasteiger partial charge in [-0.3, -0.25) is 0 Å². The van der Waals surface area contributed by atoms with E-state index in [1.54, 1.807) is 4.90 Å². The molecule has 0 saturated carbocycles. The molecular formula is C20H21NO3. The fourth-order valence-electron chi connectivity index (χ4n) is 3.83. The predicted octanol–water partition coefficient (Wildman–Crippen LogP) is 3.25. The lowest BCUT2D eigenvalue weighted by Gasteiger charge is -2.19. The maximum absolute atomic E-state index is 12.3. The first-order chi connectivity index (χ1) is 11.8. The summed E-state index contributed by atoms with van der Waals surface area (Å²) in [5.74, 6) is 0.281. The maximum Gasteiger partial charge on any atom is 0.409 e. The Balaban J connectivity index is 1.50. The van der Waals surface area contributed by atoms with Crippen LogP contribution < -0.4 is 0 Å². The molecule has 2 aromatic carbocycles. The molecule has 124 valence electrons. The van der Waals surface area contributed by atoms with E-state index in [1.165, 1.54) is 22.3 Å². The molecule has 0 radical (unpaired) electrons. The number of amides is 1. The number of likely N-dealkylation sites (tertiary alicyclic amines) is 1. The minimum absolute atomic E-state index is 0.0950. The van der Waals surface area contributed by atoms with Crippen LogP contribution in [0.25, 0.3) is 11.1 Å². The number of aliphatic hydroxyl groups excluding tert-OH is 1. The van der Waals surface area contributed by atoms with Gasteiger partial charge in [0.15, 0.2) is 0 Å². The standard InChI is InChI=1S/C20H21NO3/c22-12-14-9-10-21(11-14)20(23)24-13-19-17-7-3-1-5-15(17)16-6-2-4-8-18(16)19/h1-8,14,19,22H,9-13H2/t14-/m1/s1. The quantitative estimate of drug-likeness (QED) is 0.943. The Hall–Kier alpha value is -2.33. The van der Waals surface area contributed by atoms with E-state index >= 15 is 0 Å². The highest BCUT2D eigenvalue weighted by molar-refractivity contribution is 5.79. The van der Waals surface area contributed by atoms with Crippen LogP contribution in [0.5, 0.6) is 0 Å². The van der Waals surface area contributed by atoms with Crippen molar-refractivity contribution in [3.05, 3.63) is 59.7 Å². The van der Waals surface area contributed by atoms with Crippen LogP contribution >= 0.6 is 0 Å². The lowest BCUT2D eigenvalue weighted by molar-refractivity contribution is 0.105. The van der Waals surface area contributed by atoms with Gasteiger partial charge in [-0.2, -0.15) is 0 Å². The normalized spacial score (nSPS) is 19.2. The summed E-state index contributed by atoms with van der Waals surface area (Å²) in [4.78, 5) is 14.0. The lowest BCUT2D eigenvalue weighted by Crippen LogP contribution is -2.30. The maximum atomic E-state index is 12.3. The average Bonchev–Trinajstić information content (AvgIpc) is 3.23. The van der Waals surface area contributed by atoms with Crippen LogP contribution in [0.1, 0.15) is 23.5 Å². The number of carbonyl (C=O) groups excluding carboxylic acids is 1. The van der Waals surface area contributed by atoms with E-state index in [9.17, 15) is 9.90 Å². The zero-order chi connectivity index (χ0) is 16.5. The van der Waals surface area contributed by atoms with Gasteiger partial charge in [0.25, 0.3) is 0 Å². The largest absolute Gasteiger partial charge is 0.448 e. The van der Waals surface area contributed by atoms with Crippen LogP contribution in [0.15, 0.2) is 48.5 Å². The summed E-state index contributed by atoms with van der Waals surface area (Å²) in [7, 11) is 0. The second-order valence-corrected chi connectivity index (χ2v) is 6.59. The Morgan fingerprint density at radius 1 is 1.08 bits per heavy atom. The minimum atomic E-state index is -0.271. The molecule has 1 heterocycles. The molecular weight excluding hydrogens is 302 g/mol. The molecule has 0 aromatic heterocycles. The summed E-state index contributed by atoms with van der Waals surface area (Å²) >= 11 is 0. The lowest BCUT2D eigenvalue weighted by atomic mass is 9.98. The average molecular weight is 323 g/mol. The number of fused-ring (bicyclic) bond motifs is 3. The predicted molar refractivity (Wildman–Crippen MR) is 91.8 cm³/mol. The second-order valence-electron chi connectivity index (χ2n) is 6.59. The monoisotopic (exact) mass is 323 g/mol. The number of nitrogens with zero attached hydrogens (tertiary/aromatic N) is 1. The molecule has 1 atom stereocenters. The van der Waals surface area contributed by atoms with Gasteiger partial charge in [0.2, 0.25) is 0 Å². The molecule has 1 fully saturated rings. The van der Waals surface area contributed by atoms with Crippen molar-refractivity contribution in [2.75, 3.05) is 26.3 Å². The molecule has 2 aliphatic rings. The highest BCUT2D eigenvalue weighted by Crippen LogP contribution is 2.44. The first kappa shape index (κ1) is 15.2. The van der Waals surface area contributed by atoms with Crippen LogP contribution in [0.2, 0.25) is 0 Å². The van der Waals surface area contributed by atoms with Gasteiger partial charge in [-0.15, -0.1) is 0 Å². The number of ether oxygens (including phenoxy) is 1. The third-order valence-electron chi connectivity index (χ3n) is 5.14. The van der Waals surface area contributed by atoms with Gasteiger partial charge in [-0.25, -0.2) is 4.79 Å². The second kappa shape index (κ2) is 6.29. The molecule has 1 aliphatic carbocycles. The molecule has 0 unspecified atom stereocenters. The van der Waals surface area contributed by atoms with E-state index in [0.29, 0.717) is 19.7 Å². The molecule has 4 heteroatoms. The van der Waals surface area contributed by atoms with Gasteiger partial charge < -0.3 is 14.7 Å². The fraction of sp³-hybridized carbons (Fsp3) is 0.350. The molecule has 4 rings (SSSR count). The minimum Gasteiger partial charge on any atom is -0.448 e. The summed E-state index contributed by atoms with van der Waals surface area (Å²) < 4.78 is 5.62. The summed E-state index contributed by atoms with van der Waals surface area (Å²) in [5.41, 5.74) is 4.91. The third-order valence-corrected chi connectivity index (χ3v) is 5.14. The van der Waals surface area contributed by atoms with Crippen LogP contribution in [-0.2, 0) is 4.74 Å². The van der Waals surface area contributed by atoms with Gasteiger partial charge in [-0.1, -0.05) is 48.5 Å². The molecule has 1 aliphatic heterocycles. The van der Waals surface area contributed by atoms with Gasteiger partial charge in [0.05, 0.1) is 0 Å². The van der Waals surface area contributed by atoms with Gasteiger partial charge in [0.1, 0.15) is 6.61 Å². The van der Waals surface area contributed by atoms with E-state index < -0.39 is 0 Å². The topological polar surface area (TPSA) is 49.8 Å². The number of carbonyl (C=O) groups is 1. The van der Waals surface area contributed by atoms with Crippen molar-refractivity contribution in [2.24, 2.45) is 5.92 Å². The van der Waals surface area contributed by atoms with Gasteiger partial charge in [-0.05, 0) is 28.7 Å². The summed E-state index contributed by atoms with van der Waals surface area (Å²) in [6, 6.07) is 16.6. The summed E-state index contributed by atoms with van der Waals surface area (Å²) in [5, 5.41) is 9.21. The first-order valence-electron chi connectivity index (χ1n) is 8.48. The molecule has 0 spiro atoms. The molecule has 2 aromatic rings. The van der Waals surface area contributed by atoms with Crippen LogP contribution in [-0.4, -0.2) is 42.4 Å². The Kier molecular flexibility index (Phi) is 3.98. The molecule has 1 N–H and O–H groups in total. The van der Waals surface area contributed by atoms with Crippen molar-refractivity contribution in [3.8, 4) is 11.1 Å². The molecule has 0 bridgehead atoms.